The molecule has 0 saturated carbocycles. The number of H-pyrrole nitrogens is 1. The Bertz CT molecular complexity index is 1220. The highest BCUT2D eigenvalue weighted by molar-refractivity contribution is 6.10. The van der Waals surface area contributed by atoms with Crippen molar-refractivity contribution in [2.75, 3.05) is 21.3 Å². The summed E-state index contributed by atoms with van der Waals surface area (Å²) < 4.78 is 24.5. The number of halogens is 1. The van der Waals surface area contributed by atoms with Gasteiger partial charge in [-0.1, -0.05) is 30.3 Å². The molecule has 0 unspecified atom stereocenters. The van der Waals surface area contributed by atoms with Crippen molar-refractivity contribution in [3.63, 3.8) is 0 Å². The van der Waals surface area contributed by atoms with Crippen LogP contribution in [0, 0.1) is 10.1 Å². The number of hydrogen-bond donors (Lipinski definition) is 1. The van der Waals surface area contributed by atoms with E-state index in [4.69, 9.17) is 4.74 Å². The standard InChI is InChI=1S/C22H20FN3O6/c1-25(22(28)32-3)11-13-7-9-14(10-8-13)20-19(16(23)12-26(29)30)18-15(21(27)31-2)5-4-6-17(18)24-20/h4-10,12,24H,11H2,1-3H3/b16-12+. The molecule has 3 aromatic rings. The van der Waals surface area contributed by atoms with Gasteiger partial charge in [0.25, 0.3) is 6.20 Å². The molecule has 1 amide bonds. The van der Waals surface area contributed by atoms with Crippen LogP contribution in [0.1, 0.15) is 21.5 Å². The number of rotatable bonds is 6. The molecule has 0 atom stereocenters. The Labute approximate surface area is 182 Å². The van der Waals surface area contributed by atoms with Gasteiger partial charge in [0.1, 0.15) is 0 Å². The van der Waals surface area contributed by atoms with E-state index in [1.165, 1.54) is 25.2 Å². The van der Waals surface area contributed by atoms with E-state index in [1.54, 1.807) is 43.4 Å². The minimum Gasteiger partial charge on any atom is -0.465 e. The topological polar surface area (TPSA) is 115 Å². The lowest BCUT2D eigenvalue weighted by Crippen LogP contribution is -2.25. The molecule has 2 aromatic carbocycles. The van der Waals surface area contributed by atoms with Crippen LogP contribution in [0.4, 0.5) is 9.18 Å². The lowest BCUT2D eigenvalue weighted by atomic mass is 10.00. The normalized spacial score (nSPS) is 11.3. The SMILES string of the molecule is COC(=O)c1cccc2[nH]c(-c3ccc(CN(C)C(=O)OC)cc3)c(/C(F)=C\[N+](=O)[O-])c12. The van der Waals surface area contributed by atoms with Crippen LogP contribution in [0.3, 0.4) is 0 Å². The zero-order chi connectivity index (χ0) is 23.4. The first kappa shape index (κ1) is 22.5. The Morgan fingerprint density at radius 3 is 2.44 bits per heavy atom. The zero-order valence-corrected chi connectivity index (χ0v) is 17.5. The third kappa shape index (κ3) is 4.43. The minimum atomic E-state index is -1.11. The fourth-order valence-corrected chi connectivity index (χ4v) is 3.41. The van der Waals surface area contributed by atoms with Gasteiger partial charge in [-0.05, 0) is 23.3 Å². The van der Waals surface area contributed by atoms with Gasteiger partial charge in [0, 0.05) is 24.5 Å². The molecule has 0 saturated heterocycles. The van der Waals surface area contributed by atoms with E-state index in [0.29, 0.717) is 11.1 Å². The molecular formula is C22H20FN3O6. The number of ether oxygens (including phenoxy) is 2. The molecule has 32 heavy (non-hydrogen) atoms. The number of aromatic nitrogens is 1. The number of amides is 1. The van der Waals surface area contributed by atoms with Crippen molar-refractivity contribution >= 4 is 28.8 Å². The van der Waals surface area contributed by atoms with E-state index >= 15 is 4.39 Å². The molecule has 0 aliphatic heterocycles. The van der Waals surface area contributed by atoms with E-state index in [2.05, 4.69) is 9.72 Å². The first-order valence-corrected chi connectivity index (χ1v) is 9.39. The van der Waals surface area contributed by atoms with Gasteiger partial charge in [0.15, 0.2) is 0 Å². The van der Waals surface area contributed by atoms with Crippen LogP contribution in [0.15, 0.2) is 48.7 Å². The molecule has 0 spiro atoms. The highest BCUT2D eigenvalue weighted by Gasteiger charge is 2.24. The van der Waals surface area contributed by atoms with Crippen molar-refractivity contribution in [1.29, 1.82) is 0 Å². The van der Waals surface area contributed by atoms with Gasteiger partial charge in [-0.3, -0.25) is 10.1 Å². The Hall–Kier alpha value is -4.21. The average Bonchev–Trinajstić information content (AvgIpc) is 3.17. The smallest absolute Gasteiger partial charge is 0.409 e. The largest absolute Gasteiger partial charge is 0.465 e. The van der Waals surface area contributed by atoms with Crippen LogP contribution in [-0.2, 0) is 16.0 Å². The van der Waals surface area contributed by atoms with Gasteiger partial charge < -0.3 is 19.4 Å². The van der Waals surface area contributed by atoms with Gasteiger partial charge in [0.05, 0.1) is 36.0 Å². The maximum atomic E-state index is 15.0. The van der Waals surface area contributed by atoms with Crippen molar-refractivity contribution in [2.24, 2.45) is 0 Å². The van der Waals surface area contributed by atoms with Crippen LogP contribution in [0.2, 0.25) is 0 Å². The molecule has 1 heterocycles. The fourth-order valence-electron chi connectivity index (χ4n) is 3.41. The van der Waals surface area contributed by atoms with E-state index < -0.39 is 22.8 Å². The van der Waals surface area contributed by atoms with Crippen molar-refractivity contribution in [3.05, 3.63) is 75.5 Å². The fraction of sp³-hybridized carbons (Fsp3) is 0.182. The molecule has 1 N–H and O–H groups in total. The number of nitrogens with one attached hydrogen (secondary N) is 1. The van der Waals surface area contributed by atoms with Crippen molar-refractivity contribution < 1.29 is 28.4 Å². The summed E-state index contributed by atoms with van der Waals surface area (Å²) in [6.45, 7) is 0.286. The summed E-state index contributed by atoms with van der Waals surface area (Å²) >= 11 is 0. The van der Waals surface area contributed by atoms with Crippen LogP contribution in [0.25, 0.3) is 28.0 Å². The average molecular weight is 441 g/mol. The Morgan fingerprint density at radius 2 is 1.84 bits per heavy atom. The van der Waals surface area contributed by atoms with Crippen molar-refractivity contribution in [1.82, 2.24) is 9.88 Å². The highest BCUT2D eigenvalue weighted by Crippen LogP contribution is 2.38. The summed E-state index contributed by atoms with van der Waals surface area (Å²) in [6.07, 6.45) is -0.242. The number of fused-ring (bicyclic) bond motifs is 1. The zero-order valence-electron chi connectivity index (χ0n) is 17.5. The second-order valence-electron chi connectivity index (χ2n) is 6.88. The maximum absolute atomic E-state index is 15.0. The van der Waals surface area contributed by atoms with Crippen molar-refractivity contribution in [2.45, 2.75) is 6.54 Å². The number of hydrogen-bond acceptors (Lipinski definition) is 6. The number of nitro groups is 1. The van der Waals surface area contributed by atoms with E-state index in [0.717, 1.165) is 5.56 Å². The van der Waals surface area contributed by atoms with Gasteiger partial charge in [0.2, 0.25) is 5.83 Å². The molecule has 0 aliphatic rings. The van der Waals surface area contributed by atoms with Crippen LogP contribution >= 0.6 is 0 Å². The molecule has 0 radical (unpaired) electrons. The van der Waals surface area contributed by atoms with E-state index in [-0.39, 0.29) is 35.0 Å². The summed E-state index contributed by atoms with van der Waals surface area (Å²) in [5.74, 6) is -1.81. The molecule has 0 fully saturated rings. The molecule has 1 aromatic heterocycles. The van der Waals surface area contributed by atoms with E-state index in [1.807, 2.05) is 0 Å². The minimum absolute atomic E-state index is 0.0747. The number of methoxy groups -OCH3 is 2. The highest BCUT2D eigenvalue weighted by atomic mass is 19.1. The quantitative estimate of drug-likeness (QED) is 0.345. The summed E-state index contributed by atoms with van der Waals surface area (Å²) in [7, 11) is 4.07. The number of esters is 1. The molecule has 3 rings (SSSR count). The summed E-state index contributed by atoms with van der Waals surface area (Å²) in [4.78, 5) is 38.3. The number of aromatic amines is 1. The van der Waals surface area contributed by atoms with Crippen LogP contribution < -0.4 is 0 Å². The maximum Gasteiger partial charge on any atom is 0.409 e. The second-order valence-corrected chi connectivity index (χ2v) is 6.88. The van der Waals surface area contributed by atoms with Crippen LogP contribution in [-0.4, -0.2) is 48.1 Å². The monoisotopic (exact) mass is 441 g/mol. The number of benzene rings is 2. The number of carbonyl (C=O) groups excluding carboxylic acids is 2. The molecule has 0 bridgehead atoms. The number of carbonyl (C=O) groups is 2. The molecule has 9 nitrogen and oxygen atoms in total. The molecule has 0 aliphatic carbocycles. The Balaban J connectivity index is 2.15. The van der Waals surface area contributed by atoms with Gasteiger partial charge >= 0.3 is 12.1 Å². The first-order valence-electron chi connectivity index (χ1n) is 9.39. The van der Waals surface area contributed by atoms with Crippen molar-refractivity contribution in [3.8, 4) is 11.3 Å². The summed E-state index contributed by atoms with van der Waals surface area (Å²) in [5, 5.41) is 11.1. The predicted octanol–water partition coefficient (Wildman–Crippen LogP) is 4.36. The molecular weight excluding hydrogens is 421 g/mol. The third-order valence-corrected chi connectivity index (χ3v) is 4.84. The van der Waals surface area contributed by atoms with Crippen LogP contribution in [0.5, 0.6) is 0 Å². The summed E-state index contributed by atoms with van der Waals surface area (Å²) in [6, 6.07) is 11.5. The summed E-state index contributed by atoms with van der Waals surface area (Å²) in [5.41, 5.74) is 1.96. The van der Waals surface area contributed by atoms with Gasteiger partial charge in [-0.15, -0.1) is 0 Å². The molecule has 166 valence electrons. The Kier molecular flexibility index (Phi) is 6.53. The first-order chi connectivity index (χ1) is 15.3. The second kappa shape index (κ2) is 9.29. The lowest BCUT2D eigenvalue weighted by molar-refractivity contribution is -0.402. The predicted molar refractivity (Wildman–Crippen MR) is 115 cm³/mol. The number of nitrogens with zero attached hydrogens (tertiary/aromatic N) is 2. The van der Waals surface area contributed by atoms with Gasteiger partial charge in [-0.2, -0.15) is 4.39 Å². The van der Waals surface area contributed by atoms with Gasteiger partial charge in [-0.25, -0.2) is 9.59 Å². The third-order valence-electron chi connectivity index (χ3n) is 4.84. The lowest BCUT2D eigenvalue weighted by Gasteiger charge is -2.15. The Morgan fingerprint density at radius 1 is 1.16 bits per heavy atom. The van der Waals surface area contributed by atoms with E-state index in [9.17, 15) is 19.7 Å². The molecule has 10 heteroatoms.